The van der Waals surface area contributed by atoms with Gasteiger partial charge in [-0.15, -0.1) is 0 Å². The largest absolute Gasteiger partial charge is 0.394 e. The van der Waals surface area contributed by atoms with Crippen LogP contribution in [0.1, 0.15) is 431 Å². The lowest BCUT2D eigenvalue weighted by atomic mass is 10.0. The summed E-state index contributed by atoms with van der Waals surface area (Å²) in [6.45, 7) is 4.35. The number of amides is 1. The molecular formula is C77H149NO3. The molecule has 0 heterocycles. The number of nitrogens with one attached hydrogen (secondary N) is 1. The van der Waals surface area contributed by atoms with Gasteiger partial charge in [-0.25, -0.2) is 0 Å². The van der Waals surface area contributed by atoms with Crippen molar-refractivity contribution in [2.45, 2.75) is 443 Å². The van der Waals surface area contributed by atoms with E-state index in [1.54, 1.807) is 6.08 Å². The predicted molar refractivity (Wildman–Crippen MR) is 364 cm³/mol. The average molecular weight is 1140 g/mol. The first-order valence-electron chi connectivity index (χ1n) is 37.7. The van der Waals surface area contributed by atoms with Gasteiger partial charge in [0.15, 0.2) is 0 Å². The molecule has 0 rings (SSSR count). The second-order valence-corrected chi connectivity index (χ2v) is 26.1. The van der Waals surface area contributed by atoms with E-state index in [1.807, 2.05) is 6.08 Å². The Labute approximate surface area is 510 Å². The molecule has 1 amide bonds. The maximum Gasteiger partial charge on any atom is 0.220 e. The first-order chi connectivity index (χ1) is 40.2. The second kappa shape index (κ2) is 72.9. The van der Waals surface area contributed by atoms with E-state index in [0.717, 1.165) is 38.5 Å². The Morgan fingerprint density at radius 3 is 0.716 bits per heavy atom. The fourth-order valence-electron chi connectivity index (χ4n) is 12.2. The number of carbonyl (C=O) groups is 1. The van der Waals surface area contributed by atoms with Crippen molar-refractivity contribution in [1.29, 1.82) is 0 Å². The molecule has 2 atom stereocenters. The van der Waals surface area contributed by atoms with Gasteiger partial charge in [0, 0.05) is 6.42 Å². The molecule has 4 heteroatoms. The minimum absolute atomic E-state index is 0.0687. The van der Waals surface area contributed by atoms with Crippen LogP contribution >= 0.6 is 0 Å². The second-order valence-electron chi connectivity index (χ2n) is 26.1. The summed E-state index contributed by atoms with van der Waals surface area (Å²) < 4.78 is 0. The predicted octanol–water partition coefficient (Wildman–Crippen LogP) is 25.9. The van der Waals surface area contributed by atoms with E-state index >= 15 is 0 Å². The van der Waals surface area contributed by atoms with E-state index in [9.17, 15) is 15.0 Å². The zero-order valence-corrected chi connectivity index (χ0v) is 55.6. The van der Waals surface area contributed by atoms with Gasteiger partial charge in [0.1, 0.15) is 0 Å². The molecule has 0 aliphatic heterocycles. The molecule has 2 unspecified atom stereocenters. The van der Waals surface area contributed by atoms with Crippen molar-refractivity contribution >= 4 is 5.91 Å². The van der Waals surface area contributed by atoms with Crippen molar-refractivity contribution in [2.24, 2.45) is 0 Å². The first kappa shape index (κ1) is 79.6. The molecule has 0 saturated heterocycles. The van der Waals surface area contributed by atoms with Crippen molar-refractivity contribution in [3.05, 3.63) is 36.5 Å². The number of aliphatic hydroxyl groups is 2. The fraction of sp³-hybridized carbons (Fsp3) is 0.909. The van der Waals surface area contributed by atoms with Crippen molar-refractivity contribution in [1.82, 2.24) is 5.32 Å². The van der Waals surface area contributed by atoms with Crippen LogP contribution in [0.15, 0.2) is 36.5 Å². The molecule has 81 heavy (non-hydrogen) atoms. The van der Waals surface area contributed by atoms with Crippen LogP contribution in [0.3, 0.4) is 0 Å². The molecule has 0 aromatic carbocycles. The lowest BCUT2D eigenvalue weighted by Crippen LogP contribution is -2.45. The van der Waals surface area contributed by atoms with Crippen molar-refractivity contribution in [3.8, 4) is 0 Å². The maximum absolute atomic E-state index is 12.5. The molecule has 0 aliphatic rings. The summed E-state index contributed by atoms with van der Waals surface area (Å²) in [5.41, 5.74) is 0. The molecule has 0 bridgehead atoms. The van der Waals surface area contributed by atoms with Gasteiger partial charge in [-0.3, -0.25) is 4.79 Å². The average Bonchev–Trinajstić information content (AvgIpc) is 3.47. The number of allylic oxidation sites excluding steroid dienone is 5. The number of hydrogen-bond acceptors (Lipinski definition) is 3. The van der Waals surface area contributed by atoms with Gasteiger partial charge in [0.05, 0.1) is 18.8 Å². The maximum atomic E-state index is 12.5. The summed E-state index contributed by atoms with van der Waals surface area (Å²) in [4.78, 5) is 12.5. The standard InChI is InChI=1S/C77H149NO3/c1-3-5-7-9-11-13-15-17-19-21-23-25-27-29-31-33-35-37-38-39-40-41-43-45-47-49-51-53-55-57-59-61-63-65-67-69-71-73-77(81)78-75(74-79)76(80)72-70-68-66-64-62-60-58-56-54-52-50-48-46-44-42-36-34-32-30-28-26-24-22-20-18-16-14-12-10-8-6-4-2/h54,56,62,64,70,72,75-76,79-80H,3-53,55,57-61,63,65-69,71,73-74H2,1-2H3,(H,78,81)/b56-54+,64-62+,72-70+. The van der Waals surface area contributed by atoms with Gasteiger partial charge < -0.3 is 15.5 Å². The van der Waals surface area contributed by atoms with Gasteiger partial charge >= 0.3 is 0 Å². The van der Waals surface area contributed by atoms with Gasteiger partial charge in [-0.05, 0) is 44.9 Å². The monoisotopic (exact) mass is 1140 g/mol. The summed E-state index contributed by atoms with van der Waals surface area (Å²) in [5, 5.41) is 23.3. The molecule has 0 spiro atoms. The Kier molecular flexibility index (Phi) is 71.6. The van der Waals surface area contributed by atoms with E-state index in [4.69, 9.17) is 0 Å². The molecule has 480 valence electrons. The lowest BCUT2D eigenvalue weighted by molar-refractivity contribution is -0.123. The Morgan fingerprint density at radius 1 is 0.284 bits per heavy atom. The lowest BCUT2D eigenvalue weighted by Gasteiger charge is -2.19. The molecule has 0 saturated carbocycles. The fourth-order valence-corrected chi connectivity index (χ4v) is 12.2. The Balaban J connectivity index is 3.43. The molecular weight excluding hydrogens is 987 g/mol. The SMILES string of the molecule is CCCCCCCCCCCCCCCCCCCCCCCC/C=C/CC/C=C/CC/C=C/C(O)C(CO)NC(=O)CCCCCCCCCCCCCCCCCCCCCCCCCCCCCCCCCCCCCCC. The Morgan fingerprint density at radius 2 is 0.481 bits per heavy atom. The summed E-state index contributed by atoms with van der Waals surface area (Å²) in [6, 6.07) is -0.646. The van der Waals surface area contributed by atoms with Crippen molar-refractivity contribution < 1.29 is 15.0 Å². The minimum Gasteiger partial charge on any atom is -0.394 e. The van der Waals surface area contributed by atoms with E-state index in [-0.39, 0.29) is 12.5 Å². The first-order valence-corrected chi connectivity index (χ1v) is 37.7. The topological polar surface area (TPSA) is 69.6 Å². The van der Waals surface area contributed by atoms with Gasteiger partial charge in [0.2, 0.25) is 5.91 Å². The molecule has 0 aromatic rings. The van der Waals surface area contributed by atoms with Crippen LogP contribution < -0.4 is 5.32 Å². The highest BCUT2D eigenvalue weighted by molar-refractivity contribution is 5.76. The molecule has 0 aromatic heterocycles. The van der Waals surface area contributed by atoms with Gasteiger partial charge in [0.25, 0.3) is 0 Å². The number of unbranched alkanes of at least 4 members (excludes halogenated alkanes) is 60. The Bertz CT molecular complexity index is 1240. The highest BCUT2D eigenvalue weighted by Gasteiger charge is 2.18. The third-order valence-corrected chi connectivity index (χ3v) is 17.9. The molecule has 0 fully saturated rings. The number of carbonyl (C=O) groups excluding carboxylic acids is 1. The van der Waals surface area contributed by atoms with E-state index in [1.165, 1.54) is 372 Å². The van der Waals surface area contributed by atoms with Crippen LogP contribution in [0, 0.1) is 0 Å². The number of aliphatic hydroxyl groups excluding tert-OH is 2. The van der Waals surface area contributed by atoms with Crippen LogP contribution in [0.5, 0.6) is 0 Å². The van der Waals surface area contributed by atoms with Crippen LogP contribution in [0.4, 0.5) is 0 Å². The summed E-state index contributed by atoms with van der Waals surface area (Å²) >= 11 is 0. The summed E-state index contributed by atoms with van der Waals surface area (Å²) in [7, 11) is 0. The molecule has 0 radical (unpaired) electrons. The molecule has 3 N–H and O–H groups in total. The summed E-state index contributed by atoms with van der Waals surface area (Å²) in [6.07, 6.45) is 101. The van der Waals surface area contributed by atoms with Gasteiger partial charge in [-0.2, -0.15) is 0 Å². The highest BCUT2D eigenvalue weighted by atomic mass is 16.3. The smallest absolute Gasteiger partial charge is 0.220 e. The number of hydrogen-bond donors (Lipinski definition) is 3. The molecule has 4 nitrogen and oxygen atoms in total. The highest BCUT2D eigenvalue weighted by Crippen LogP contribution is 2.20. The number of rotatable bonds is 71. The third-order valence-electron chi connectivity index (χ3n) is 17.9. The zero-order chi connectivity index (χ0) is 58.4. The van der Waals surface area contributed by atoms with Crippen LogP contribution in [-0.4, -0.2) is 34.9 Å². The van der Waals surface area contributed by atoms with E-state index < -0.39 is 12.1 Å². The quantitative estimate of drug-likeness (QED) is 0.0420. The van der Waals surface area contributed by atoms with E-state index in [2.05, 4.69) is 43.5 Å². The minimum atomic E-state index is -0.871. The van der Waals surface area contributed by atoms with Crippen molar-refractivity contribution in [3.63, 3.8) is 0 Å². The Hall–Kier alpha value is -1.39. The summed E-state index contributed by atoms with van der Waals surface area (Å²) in [5.74, 6) is -0.0687. The zero-order valence-electron chi connectivity index (χ0n) is 55.6. The third kappa shape index (κ3) is 69.3. The normalized spacial score (nSPS) is 12.8. The van der Waals surface area contributed by atoms with E-state index in [0.29, 0.717) is 6.42 Å². The van der Waals surface area contributed by atoms with Crippen LogP contribution in [-0.2, 0) is 4.79 Å². The van der Waals surface area contributed by atoms with Crippen LogP contribution in [0.25, 0.3) is 0 Å². The molecule has 0 aliphatic carbocycles. The van der Waals surface area contributed by atoms with Gasteiger partial charge in [-0.1, -0.05) is 416 Å². The van der Waals surface area contributed by atoms with Crippen LogP contribution in [0.2, 0.25) is 0 Å². The van der Waals surface area contributed by atoms with Crippen molar-refractivity contribution in [2.75, 3.05) is 6.61 Å².